The molecule has 0 heterocycles. The number of rotatable bonds is 8. The maximum Gasteiger partial charge on any atom is 0.412 e. The number of para-hydroxylation sites is 2. The van der Waals surface area contributed by atoms with Crippen LogP contribution >= 0.6 is 0 Å². The third kappa shape index (κ3) is 6.58. The largest absolute Gasteiger partial charge is 0.491 e. The molecule has 1 aliphatic rings. The zero-order chi connectivity index (χ0) is 18.1. The first kappa shape index (κ1) is 19.6. The molecule has 2 rings (SSSR count). The molecule has 0 aliphatic heterocycles. The molecule has 140 valence electrons. The number of unbranched alkanes of at least 4 members (excludes halogenated alkanes) is 1. The molecule has 1 aliphatic carbocycles. The highest BCUT2D eigenvalue weighted by atomic mass is 16.6. The minimum atomic E-state index is -0.378. The fraction of sp³-hybridized carbons (Fsp3) is 0.650. The Balaban J connectivity index is 1.92. The summed E-state index contributed by atoms with van der Waals surface area (Å²) in [7, 11) is 4.30. The molecule has 0 spiro atoms. The molecule has 0 bridgehead atoms. The van der Waals surface area contributed by atoms with E-state index in [9.17, 15) is 4.79 Å². The number of anilines is 1. The third-order valence-corrected chi connectivity index (χ3v) is 4.65. The van der Waals surface area contributed by atoms with Crippen molar-refractivity contribution in [2.75, 3.05) is 32.6 Å². The Morgan fingerprint density at radius 3 is 2.76 bits per heavy atom. The van der Waals surface area contributed by atoms with Gasteiger partial charge in [0.15, 0.2) is 0 Å². The van der Waals surface area contributed by atoms with Crippen molar-refractivity contribution in [3.63, 3.8) is 0 Å². The van der Waals surface area contributed by atoms with Crippen molar-refractivity contribution < 1.29 is 19.2 Å². The molecule has 0 radical (unpaired) electrons. The van der Waals surface area contributed by atoms with Crippen LogP contribution in [0.15, 0.2) is 24.3 Å². The van der Waals surface area contributed by atoms with E-state index >= 15 is 0 Å². The number of amides is 1. The highest BCUT2D eigenvalue weighted by Crippen LogP contribution is 2.28. The van der Waals surface area contributed by atoms with Gasteiger partial charge in [-0.15, -0.1) is 0 Å². The van der Waals surface area contributed by atoms with E-state index in [0.29, 0.717) is 24.0 Å². The van der Waals surface area contributed by atoms with Gasteiger partial charge in [0.25, 0.3) is 0 Å². The first-order valence-corrected chi connectivity index (χ1v) is 9.58. The average molecular weight is 349 g/mol. The molecule has 1 aromatic carbocycles. The fourth-order valence-corrected chi connectivity index (χ4v) is 3.39. The lowest BCUT2D eigenvalue weighted by atomic mass is 9.86. The normalized spacial score (nSPS) is 20.3. The molecule has 5 nitrogen and oxygen atoms in total. The summed E-state index contributed by atoms with van der Waals surface area (Å²) in [5, 5.41) is 2.87. The molecule has 5 heteroatoms. The minimum Gasteiger partial charge on any atom is -0.491 e. The third-order valence-electron chi connectivity index (χ3n) is 4.65. The number of benzene rings is 1. The van der Waals surface area contributed by atoms with Crippen molar-refractivity contribution in [2.24, 2.45) is 5.92 Å². The summed E-state index contributed by atoms with van der Waals surface area (Å²) >= 11 is 0. The topological polar surface area (TPSA) is 52.0 Å². The van der Waals surface area contributed by atoms with Crippen molar-refractivity contribution >= 4 is 11.8 Å². The minimum absolute atomic E-state index is 0.0109. The Hall–Kier alpha value is -1.75. The Labute approximate surface area is 151 Å². The summed E-state index contributed by atoms with van der Waals surface area (Å²) in [6.45, 7) is 3.82. The van der Waals surface area contributed by atoms with E-state index in [2.05, 4.69) is 26.3 Å². The van der Waals surface area contributed by atoms with E-state index in [1.54, 1.807) is 0 Å². The van der Waals surface area contributed by atoms with Crippen molar-refractivity contribution in [1.29, 1.82) is 0 Å². The van der Waals surface area contributed by atoms with Gasteiger partial charge < -0.3 is 14.4 Å². The maximum absolute atomic E-state index is 12.4. The molecule has 1 amide bonds. The summed E-state index contributed by atoms with van der Waals surface area (Å²) in [5.74, 6) is 1.14. The number of ether oxygens (including phenoxy) is 2. The molecule has 1 saturated carbocycles. The summed E-state index contributed by atoms with van der Waals surface area (Å²) in [4.78, 5) is 13.8. The van der Waals surface area contributed by atoms with Gasteiger partial charge in [-0.3, -0.25) is 5.32 Å². The van der Waals surface area contributed by atoms with Crippen molar-refractivity contribution in [3.8, 4) is 5.75 Å². The summed E-state index contributed by atoms with van der Waals surface area (Å²) in [5.41, 5.74) is 0.675. The Morgan fingerprint density at radius 1 is 1.24 bits per heavy atom. The van der Waals surface area contributed by atoms with Crippen LogP contribution in [0.1, 0.15) is 45.4 Å². The van der Waals surface area contributed by atoms with E-state index < -0.39 is 0 Å². The van der Waals surface area contributed by atoms with Crippen LogP contribution in [-0.2, 0) is 4.74 Å². The molecule has 0 unspecified atom stereocenters. The predicted molar refractivity (Wildman–Crippen MR) is 100 cm³/mol. The molecule has 25 heavy (non-hydrogen) atoms. The molecular weight excluding hydrogens is 316 g/mol. The lowest BCUT2D eigenvalue weighted by Gasteiger charge is -2.31. The van der Waals surface area contributed by atoms with Gasteiger partial charge in [-0.2, -0.15) is 0 Å². The average Bonchev–Trinajstić information content (AvgIpc) is 2.58. The SMILES string of the molecule is CCCCOc1ccccc1NC(=O)O[C@H]1CCCC[C@@H]1C[NH+](C)C. The highest BCUT2D eigenvalue weighted by molar-refractivity contribution is 5.86. The van der Waals surface area contributed by atoms with Crippen LogP contribution in [0.25, 0.3) is 0 Å². The summed E-state index contributed by atoms with van der Waals surface area (Å²) < 4.78 is 11.5. The van der Waals surface area contributed by atoms with E-state index in [0.717, 1.165) is 38.6 Å². The smallest absolute Gasteiger partial charge is 0.412 e. The van der Waals surface area contributed by atoms with Crippen LogP contribution in [0.3, 0.4) is 0 Å². The zero-order valence-corrected chi connectivity index (χ0v) is 15.8. The maximum atomic E-state index is 12.4. The lowest BCUT2D eigenvalue weighted by Crippen LogP contribution is -3.06. The zero-order valence-electron chi connectivity index (χ0n) is 15.8. The van der Waals surface area contributed by atoms with Gasteiger partial charge in [-0.25, -0.2) is 4.79 Å². The van der Waals surface area contributed by atoms with Crippen LogP contribution in [0, 0.1) is 5.92 Å². The second kappa shape index (κ2) is 10.3. The predicted octanol–water partition coefficient (Wildman–Crippen LogP) is 3.12. The quantitative estimate of drug-likeness (QED) is 0.709. The number of hydrogen-bond acceptors (Lipinski definition) is 3. The standard InChI is InChI=1S/C20H32N2O3/c1-4-5-14-24-19-13-9-7-11-17(19)21-20(23)25-18-12-8-6-10-16(18)15-22(2)3/h7,9,11,13,16,18H,4-6,8,10,12,14-15H2,1-3H3,(H,21,23)/p+1/t16-,18+/m1/s1. The highest BCUT2D eigenvalue weighted by Gasteiger charge is 2.30. The Kier molecular flexibility index (Phi) is 8.06. The number of hydrogen-bond donors (Lipinski definition) is 2. The summed E-state index contributed by atoms with van der Waals surface area (Å²) in [6, 6.07) is 7.53. The number of carbonyl (C=O) groups is 1. The molecule has 2 atom stereocenters. The Morgan fingerprint density at radius 2 is 2.00 bits per heavy atom. The lowest BCUT2D eigenvalue weighted by molar-refractivity contribution is -0.862. The number of nitrogens with one attached hydrogen (secondary N) is 2. The van der Waals surface area contributed by atoms with Crippen molar-refractivity contribution in [3.05, 3.63) is 24.3 Å². The van der Waals surface area contributed by atoms with Crippen LogP contribution < -0.4 is 15.0 Å². The summed E-state index contributed by atoms with van der Waals surface area (Å²) in [6.07, 6.45) is 6.17. The van der Waals surface area contributed by atoms with Crippen molar-refractivity contribution in [1.82, 2.24) is 0 Å². The van der Waals surface area contributed by atoms with E-state index in [-0.39, 0.29) is 12.2 Å². The molecule has 2 N–H and O–H groups in total. The van der Waals surface area contributed by atoms with Crippen LogP contribution in [-0.4, -0.2) is 39.4 Å². The first-order valence-electron chi connectivity index (χ1n) is 9.58. The number of quaternary nitrogens is 1. The van der Waals surface area contributed by atoms with Gasteiger partial charge in [0.2, 0.25) is 0 Å². The van der Waals surface area contributed by atoms with Crippen LogP contribution in [0.4, 0.5) is 10.5 Å². The number of carbonyl (C=O) groups excluding carboxylic acids is 1. The van der Waals surface area contributed by atoms with Gasteiger partial charge in [-0.1, -0.05) is 31.9 Å². The Bertz CT molecular complexity index is 533. The fourth-order valence-electron chi connectivity index (χ4n) is 3.39. The van der Waals surface area contributed by atoms with E-state index in [4.69, 9.17) is 9.47 Å². The van der Waals surface area contributed by atoms with E-state index in [1.165, 1.54) is 11.3 Å². The van der Waals surface area contributed by atoms with Gasteiger partial charge >= 0.3 is 6.09 Å². The monoisotopic (exact) mass is 349 g/mol. The first-order chi connectivity index (χ1) is 12.1. The molecular formula is C20H33N2O3+. The van der Waals surface area contributed by atoms with Gasteiger partial charge in [0.05, 0.1) is 32.9 Å². The molecule has 1 fully saturated rings. The van der Waals surface area contributed by atoms with Crippen LogP contribution in [0.2, 0.25) is 0 Å². The van der Waals surface area contributed by atoms with Crippen molar-refractivity contribution in [2.45, 2.75) is 51.6 Å². The molecule has 1 aromatic rings. The van der Waals surface area contributed by atoms with Gasteiger partial charge in [-0.05, 0) is 37.8 Å². The molecule has 0 saturated heterocycles. The second-order valence-corrected chi connectivity index (χ2v) is 7.22. The van der Waals surface area contributed by atoms with Gasteiger partial charge in [0, 0.05) is 5.92 Å². The molecule has 0 aromatic heterocycles. The van der Waals surface area contributed by atoms with Crippen LogP contribution in [0.5, 0.6) is 5.75 Å². The van der Waals surface area contributed by atoms with E-state index in [1.807, 2.05) is 24.3 Å². The van der Waals surface area contributed by atoms with Gasteiger partial charge in [0.1, 0.15) is 11.9 Å². The second-order valence-electron chi connectivity index (χ2n) is 7.22.